The number of hydrogen-bond acceptors (Lipinski definition) is 10. The van der Waals surface area contributed by atoms with Crippen LogP contribution in [0.25, 0.3) is 134 Å². The van der Waals surface area contributed by atoms with Gasteiger partial charge in [-0.15, -0.1) is 0 Å². The largest absolute Gasteiger partial charge is 0.311 e. The average Bonchev–Trinajstić information content (AvgIpc) is 0.799. The number of rotatable bonds is 12. The van der Waals surface area contributed by atoms with Crippen LogP contribution in [0.2, 0.25) is 0 Å². The van der Waals surface area contributed by atoms with E-state index in [1.54, 1.807) is 0 Å². The molecule has 0 aliphatic carbocycles. The van der Waals surface area contributed by atoms with Gasteiger partial charge < -0.3 is 14.4 Å². The fraction of sp³-hybridized carbons (Fsp3) is 0. The van der Waals surface area contributed by atoms with Gasteiger partial charge >= 0.3 is 0 Å². The number of fused-ring (bicyclic) bond motifs is 7. The van der Waals surface area contributed by atoms with Crippen LogP contribution < -0.4 is 26.2 Å². The lowest BCUT2D eigenvalue weighted by atomic mass is 9.33. The molecule has 0 saturated carbocycles. The molecule has 0 fully saturated rings. The Kier molecular flexibility index (Phi) is 15.2. The van der Waals surface area contributed by atoms with Crippen LogP contribution in [0.5, 0.6) is 0 Å². The van der Waals surface area contributed by atoms with Crippen molar-refractivity contribution in [2.75, 3.05) is 9.80 Å². The number of hydrogen-bond donors (Lipinski definition) is 0. The third kappa shape index (κ3) is 10.9. The van der Waals surface area contributed by atoms with Crippen LogP contribution in [0.1, 0.15) is 11.1 Å². The van der Waals surface area contributed by atoms with E-state index in [0.717, 1.165) is 139 Å². The van der Waals surface area contributed by atoms with Crippen LogP contribution in [0, 0.1) is 29.2 Å². The topological polar surface area (TPSA) is 141 Å². The minimum Gasteiger partial charge on any atom is -0.311 e. The number of nitriles is 2. The van der Waals surface area contributed by atoms with Gasteiger partial charge in [0.1, 0.15) is 0 Å². The first-order valence-corrected chi connectivity index (χ1v) is 34.9. The summed E-state index contributed by atoms with van der Waals surface area (Å²) in [5.74, 6) is 2.96. The quantitative estimate of drug-likeness (QED) is 0.0857. The molecule has 5 heterocycles. The SMILES string of the molecule is [C-]#[N+]c1ccc(-n2c3ccc(-c4cc5c6c(c4)N(c4ccc(-c7ccccc7)cc4)c4cc(C#N)ccc4B6c4ccc(C#N)cc4N5c4ccc(-c5ccccc5)cc4)cc3c3cc(-c4nc(-c5ccccc5)nc(-c5ccccc5)n4)ccc32)c(-c2nc(-c3ccccc3)nc(-c3ccccc3)n2)c1. The van der Waals surface area contributed by atoms with Gasteiger partial charge in [0.15, 0.2) is 40.6 Å². The average molecular weight is 1350 g/mol. The standard InChI is InChI=1S/C93H55BN12/c1-97-72-40-49-82(77(56-72)93-102-90(67-28-16-6-17-29-67)99-91(103-93)68-30-18-7-19-31-68)106-80-47-38-69(52-75(80)76-53-70(39-48-81(76)106)92-100-88(65-24-12-4-13-25-65)98-89(101-92)66-26-14-5-15-27-66)71-54-85-87-86(55-71)105(74-43-36-64(37-44-74)62-22-10-3-11-23-62)84-51-60(58-96)33-46-79(84)94(87)78-45-32-59(57-95)50-83(78)104(85)73-41-34-63(35-42-73)61-20-8-2-9-21-61/h2-56H. The lowest BCUT2D eigenvalue weighted by molar-refractivity contribution is 1.06. The van der Waals surface area contributed by atoms with Crippen LogP contribution in [-0.4, -0.2) is 41.2 Å². The molecule has 0 unspecified atom stereocenters. The van der Waals surface area contributed by atoms with Crippen molar-refractivity contribution in [3.05, 3.63) is 356 Å². The molecule has 0 atom stereocenters. The normalized spacial score (nSPS) is 11.9. The highest BCUT2D eigenvalue weighted by Crippen LogP contribution is 2.49. The van der Waals surface area contributed by atoms with Crippen molar-refractivity contribution in [1.29, 1.82) is 10.5 Å². The van der Waals surface area contributed by atoms with Crippen LogP contribution in [-0.2, 0) is 0 Å². The Morgan fingerprint density at radius 2 is 0.651 bits per heavy atom. The summed E-state index contributed by atoms with van der Waals surface area (Å²) in [5, 5.41) is 23.4. The fourth-order valence-electron chi connectivity index (χ4n) is 15.2. The van der Waals surface area contributed by atoms with E-state index in [4.69, 9.17) is 36.5 Å². The predicted molar refractivity (Wildman–Crippen MR) is 426 cm³/mol. The molecule has 0 N–H and O–H groups in total. The summed E-state index contributed by atoms with van der Waals surface area (Å²) >= 11 is 0. The highest BCUT2D eigenvalue weighted by Gasteiger charge is 2.44. The predicted octanol–water partition coefficient (Wildman–Crippen LogP) is 20.5. The number of aromatic nitrogens is 7. The van der Waals surface area contributed by atoms with Gasteiger partial charge in [0.05, 0.1) is 46.6 Å². The molecule has 13 heteroatoms. The fourth-order valence-corrected chi connectivity index (χ4v) is 15.2. The Morgan fingerprint density at radius 1 is 0.292 bits per heavy atom. The van der Waals surface area contributed by atoms with Crippen molar-refractivity contribution in [3.8, 4) is 120 Å². The molecule has 0 spiro atoms. The van der Waals surface area contributed by atoms with Crippen LogP contribution in [0.4, 0.5) is 39.8 Å². The second-order valence-corrected chi connectivity index (χ2v) is 26.3. The highest BCUT2D eigenvalue weighted by atomic mass is 15.2. The molecule has 106 heavy (non-hydrogen) atoms. The summed E-state index contributed by atoms with van der Waals surface area (Å²) in [6.45, 7) is 8.13. The molecule has 2 aliphatic heterocycles. The first kappa shape index (κ1) is 62.1. The summed E-state index contributed by atoms with van der Waals surface area (Å²) in [4.78, 5) is 39.9. The van der Waals surface area contributed by atoms with E-state index in [2.05, 4.69) is 189 Å². The maximum atomic E-state index is 10.8. The molecule has 17 aromatic rings. The number of nitrogens with zero attached hydrogens (tertiary/aromatic N) is 12. The summed E-state index contributed by atoms with van der Waals surface area (Å²) in [5.41, 5.74) is 23.5. The first-order valence-electron chi connectivity index (χ1n) is 34.9. The zero-order valence-electron chi connectivity index (χ0n) is 56.7. The van der Waals surface area contributed by atoms with Gasteiger partial charge in [0, 0.05) is 78.3 Å². The third-order valence-electron chi connectivity index (χ3n) is 20.1. The Morgan fingerprint density at radius 3 is 1.06 bits per heavy atom. The second-order valence-electron chi connectivity index (χ2n) is 26.3. The van der Waals surface area contributed by atoms with Gasteiger partial charge in [0.2, 0.25) is 0 Å². The van der Waals surface area contributed by atoms with Gasteiger partial charge in [-0.1, -0.05) is 231 Å². The van der Waals surface area contributed by atoms with Crippen molar-refractivity contribution >= 4 is 84.7 Å². The minimum absolute atomic E-state index is 0.316. The summed E-state index contributed by atoms with van der Waals surface area (Å²) in [7, 11) is 0. The second kappa shape index (κ2) is 25.9. The van der Waals surface area contributed by atoms with Crippen LogP contribution >= 0.6 is 0 Å². The molecule has 0 amide bonds. The van der Waals surface area contributed by atoms with Gasteiger partial charge in [-0.2, -0.15) is 10.5 Å². The Balaban J connectivity index is 0.882. The van der Waals surface area contributed by atoms with Crippen molar-refractivity contribution in [3.63, 3.8) is 0 Å². The maximum absolute atomic E-state index is 10.8. The van der Waals surface area contributed by atoms with Crippen molar-refractivity contribution < 1.29 is 0 Å². The van der Waals surface area contributed by atoms with E-state index < -0.39 is 0 Å². The van der Waals surface area contributed by atoms with Gasteiger partial charge in [-0.25, -0.2) is 34.7 Å². The lowest BCUT2D eigenvalue weighted by Crippen LogP contribution is -2.61. The van der Waals surface area contributed by atoms with E-state index in [0.29, 0.717) is 57.3 Å². The van der Waals surface area contributed by atoms with Gasteiger partial charge in [0.25, 0.3) is 6.71 Å². The third-order valence-corrected chi connectivity index (χ3v) is 20.1. The van der Waals surface area contributed by atoms with Gasteiger partial charge in [-0.3, -0.25) is 0 Å². The molecule has 0 saturated heterocycles. The summed E-state index contributed by atoms with van der Waals surface area (Å²) in [6, 6.07) is 119. The molecule has 2 aliphatic rings. The van der Waals surface area contributed by atoms with E-state index >= 15 is 0 Å². The van der Waals surface area contributed by atoms with E-state index in [1.165, 1.54) is 0 Å². The number of anilines is 6. The molecule has 0 radical (unpaired) electrons. The first-order chi connectivity index (χ1) is 52.4. The number of benzene rings is 14. The molecule has 3 aromatic heterocycles. The van der Waals surface area contributed by atoms with E-state index in [-0.39, 0.29) is 6.71 Å². The molecule has 12 nitrogen and oxygen atoms in total. The molecule has 19 rings (SSSR count). The van der Waals surface area contributed by atoms with E-state index in [1.807, 2.05) is 176 Å². The Bertz CT molecular complexity index is 6190. The monoisotopic (exact) mass is 1350 g/mol. The lowest BCUT2D eigenvalue weighted by Gasteiger charge is -2.44. The molecular weight excluding hydrogens is 1300 g/mol. The molecule has 14 aromatic carbocycles. The van der Waals surface area contributed by atoms with E-state index in [9.17, 15) is 10.5 Å². The summed E-state index contributed by atoms with van der Waals surface area (Å²) < 4.78 is 2.25. The van der Waals surface area contributed by atoms with Crippen LogP contribution in [0.3, 0.4) is 0 Å². The Hall–Kier alpha value is -15.0. The summed E-state index contributed by atoms with van der Waals surface area (Å²) in [6.07, 6.45) is 0. The zero-order valence-corrected chi connectivity index (χ0v) is 56.7. The molecule has 0 bridgehead atoms. The Labute approximate surface area is 611 Å². The maximum Gasteiger partial charge on any atom is 0.252 e. The van der Waals surface area contributed by atoms with Crippen molar-refractivity contribution in [2.24, 2.45) is 0 Å². The molecule has 490 valence electrons. The van der Waals surface area contributed by atoms with Crippen molar-refractivity contribution in [1.82, 2.24) is 34.5 Å². The van der Waals surface area contributed by atoms with Crippen LogP contribution in [0.15, 0.2) is 334 Å². The molecular formula is C93H55BN12. The smallest absolute Gasteiger partial charge is 0.252 e. The zero-order chi connectivity index (χ0) is 70.8. The van der Waals surface area contributed by atoms with Gasteiger partial charge in [-0.05, 0) is 153 Å². The van der Waals surface area contributed by atoms with Crippen molar-refractivity contribution in [2.45, 2.75) is 0 Å². The minimum atomic E-state index is -0.316. The highest BCUT2D eigenvalue weighted by molar-refractivity contribution is 7.00.